The van der Waals surface area contributed by atoms with Gasteiger partial charge in [-0.1, -0.05) is 81.7 Å². The number of hydrogen-bond donors (Lipinski definition) is 0. The Morgan fingerprint density at radius 1 is 0.500 bits per heavy atom. The zero-order valence-corrected chi connectivity index (χ0v) is 10.5. The van der Waals surface area contributed by atoms with Crippen molar-refractivity contribution in [1.29, 1.82) is 0 Å². The van der Waals surface area contributed by atoms with E-state index in [0.29, 0.717) is 0 Å². The molecule has 0 aromatic rings. The van der Waals surface area contributed by atoms with Crippen LogP contribution in [-0.2, 0) is 19.5 Å². The summed E-state index contributed by atoms with van der Waals surface area (Å²) in [5.41, 5.74) is 0. The average Bonchev–Trinajstić information content (AvgIpc) is 0. The van der Waals surface area contributed by atoms with Crippen molar-refractivity contribution in [3.8, 4) is 0 Å². The Morgan fingerprint density at radius 3 is 0.500 bits per heavy atom. The van der Waals surface area contributed by atoms with Crippen LogP contribution in [0, 0.1) is 0 Å². The second-order valence-corrected chi connectivity index (χ2v) is 0. The van der Waals surface area contributed by atoms with E-state index in [1.54, 1.807) is 0 Å². The topological polar surface area (TPSA) is 0 Å². The largest absolute Gasteiger partial charge is 0 e. The van der Waals surface area contributed by atoms with E-state index in [9.17, 15) is 0 Å². The molecule has 2 radical (unpaired) electrons. The van der Waals surface area contributed by atoms with Crippen LogP contribution in [-0.4, -0.2) is 75.3 Å². The number of hydrogen-bond acceptors (Lipinski definition) is 0. The second kappa shape index (κ2) is 596. The molecule has 122 valence electrons. The van der Waals surface area contributed by atoms with Crippen LogP contribution in [0.1, 0.15) is 90.3 Å². The summed E-state index contributed by atoms with van der Waals surface area (Å²) >= 11 is 0. The van der Waals surface area contributed by atoms with E-state index in [1.807, 2.05) is 0 Å². The van der Waals surface area contributed by atoms with Crippen molar-refractivity contribution in [2.24, 2.45) is 0 Å². The van der Waals surface area contributed by atoms with Crippen LogP contribution in [0.3, 0.4) is 0 Å². The van der Waals surface area contributed by atoms with Crippen molar-refractivity contribution in [3.63, 3.8) is 0 Å². The van der Waals surface area contributed by atoms with Crippen LogP contribution >= 0.6 is 0 Å². The van der Waals surface area contributed by atoms with Gasteiger partial charge in [0.15, 0.2) is 17.4 Å². The van der Waals surface area contributed by atoms with E-state index < -0.39 is 0 Å². The molecule has 0 spiro atoms. The van der Waals surface area contributed by atoms with E-state index in [-0.39, 0.29) is 185 Å². The van der Waals surface area contributed by atoms with E-state index in [0.717, 1.165) is 0 Å². The fourth-order valence-electron chi connectivity index (χ4n) is 0. The van der Waals surface area contributed by atoms with Gasteiger partial charge in [0.2, 0.25) is 0 Å². The molecule has 0 rings (SSSR count). The van der Waals surface area contributed by atoms with Crippen LogP contribution < -0.4 is 0 Å². The first-order valence-electron chi connectivity index (χ1n) is 0. The maximum absolute atomic E-state index is 0. The first-order chi connectivity index (χ1) is 0. The minimum absolute atomic E-state index is 0. The summed E-state index contributed by atoms with van der Waals surface area (Å²) < 4.78 is 0. The van der Waals surface area contributed by atoms with Crippen LogP contribution in [0.5, 0.6) is 0 Å². The smallest absolute Gasteiger partial charge is 0 e. The van der Waals surface area contributed by atoms with Crippen LogP contribution in [0.25, 0.3) is 0 Å². The van der Waals surface area contributed by atoms with Gasteiger partial charge in [0.05, 0.1) is 0 Å². The first kappa shape index (κ1) is 706. The Kier molecular flexibility index (Phi) is 26300. The molecule has 0 nitrogen and oxygen atoms in total. The maximum atomic E-state index is 0. The monoisotopic (exact) mass is 462 g/mol. The van der Waals surface area contributed by atoms with Crippen LogP contribution in [0.15, 0.2) is 0 Å². The van der Waals surface area contributed by atoms with E-state index in [1.165, 1.54) is 0 Å². The van der Waals surface area contributed by atoms with Gasteiger partial charge in [0, 0.05) is 25.2 Å². The fraction of sp³-hybridized carbons (Fsp3) is 1.00. The molecule has 16 heavy (non-hydrogen) atoms. The molecule has 0 aromatic carbocycles. The molecule has 0 aliphatic rings. The Bertz CT molecular complexity index is 44.5. The molecule has 5 heteroatoms. The molecule has 0 bridgehead atoms. The van der Waals surface area contributed by atoms with Gasteiger partial charge in [-0.25, -0.2) is 0 Å². The SMILES string of the molecule is C.C.C.C.C.C.C.C.C.C.C.[2HH].[2HH].[2HH].[2HH].[AlH3].[H-].[H-].[Mg+2].[SiH4].[SnH2].[Zn]. The molecular weight excluding hydrogens is 396 g/mol. The minimum Gasteiger partial charge on any atom is 0 e. The molecule has 0 unspecified atom stereocenters. The van der Waals surface area contributed by atoms with Crippen LogP contribution in [0.2, 0.25) is 0 Å². The average molecular weight is 463 g/mol. The third kappa shape index (κ3) is 499. The molecule has 0 N–H and O–H groups in total. The Morgan fingerprint density at radius 2 is 0.500 bits per heavy atom. The van der Waals surface area contributed by atoms with Gasteiger partial charge in [-0.05, 0) is 11.0 Å². The predicted octanol–water partition coefficient (Wildman–Crippen LogP) is 4.27. The maximum Gasteiger partial charge on any atom is 0 e. The zero-order valence-electron chi connectivity index (χ0n) is 4.12. The van der Waals surface area contributed by atoms with E-state index in [4.69, 9.17) is 0 Å². The molecule has 0 amide bonds. The van der Waals surface area contributed by atoms with Gasteiger partial charge in [-0.15, -0.1) is 0 Å². The Balaban J connectivity index is 0. The van der Waals surface area contributed by atoms with Gasteiger partial charge >= 0.3 is 47.0 Å². The first-order valence-corrected chi connectivity index (χ1v) is 0. The summed E-state index contributed by atoms with van der Waals surface area (Å²) in [4.78, 5) is 0. The molecule has 0 atom stereocenters. The normalized spacial score (nSPS) is 0. The standard InChI is InChI=1S/11CH4.Al.Mg.H4Si.Sn.Zn.4H2.7H/h11*1H4;;;1H4;;;4*1H;;;;;;;/q;;;;;;;;;;;;+2;;;;;;;;;;;;;2*-1/i;;;;;;;;;;;;;;;;4*1+1;;;;;;;. The third-order valence-electron chi connectivity index (χ3n) is 0. The van der Waals surface area contributed by atoms with E-state index >= 15 is 0 Å². The van der Waals surface area contributed by atoms with Crippen molar-refractivity contribution in [2.45, 2.75) is 81.7 Å². The molecule has 0 aliphatic carbocycles. The van der Waals surface area contributed by atoms with Crippen molar-refractivity contribution in [3.05, 3.63) is 0 Å². The summed E-state index contributed by atoms with van der Waals surface area (Å²) in [7, 11) is 0. The molecule has 0 saturated carbocycles. The summed E-state index contributed by atoms with van der Waals surface area (Å²) in [6.45, 7) is 0. The Hall–Kier alpha value is 2.94. The van der Waals surface area contributed by atoms with Gasteiger partial charge in [-0.3, -0.25) is 0 Å². The van der Waals surface area contributed by atoms with Gasteiger partial charge < -0.3 is 2.85 Å². The van der Waals surface area contributed by atoms with Crippen molar-refractivity contribution < 1.29 is 28.0 Å². The molecule has 0 heterocycles. The van der Waals surface area contributed by atoms with Crippen LogP contribution in [0.4, 0.5) is 0 Å². The second-order valence-electron chi connectivity index (χ2n) is 0. The van der Waals surface area contributed by atoms with Crippen molar-refractivity contribution >= 4 is 75.3 Å². The van der Waals surface area contributed by atoms with Gasteiger partial charge in [0.1, 0.15) is 0 Å². The summed E-state index contributed by atoms with van der Waals surface area (Å²) in [5.74, 6) is 0. The molecule has 0 fully saturated rings. The van der Waals surface area contributed by atoms with Gasteiger partial charge in [0.25, 0.3) is 0 Å². The zero-order chi connectivity index (χ0) is 0. The molecular formula is C11H63AlMgSiSnZn. The molecule has 0 aromatic heterocycles. The third-order valence-corrected chi connectivity index (χ3v) is 0. The minimum atomic E-state index is 0. The van der Waals surface area contributed by atoms with Crippen molar-refractivity contribution in [2.75, 3.05) is 0 Å². The molecule has 0 saturated heterocycles. The Labute approximate surface area is 183 Å². The summed E-state index contributed by atoms with van der Waals surface area (Å²) in [6, 6.07) is 0. The van der Waals surface area contributed by atoms with Gasteiger partial charge in [-0.2, -0.15) is 0 Å². The quantitative estimate of drug-likeness (QED) is 0.471. The van der Waals surface area contributed by atoms with E-state index in [2.05, 4.69) is 0 Å². The summed E-state index contributed by atoms with van der Waals surface area (Å²) in [5, 5.41) is 0. The molecule has 0 aliphatic heterocycles. The predicted molar refractivity (Wildman–Crippen MR) is 120 cm³/mol. The van der Waals surface area contributed by atoms with Crippen molar-refractivity contribution in [1.82, 2.24) is 0 Å². The number of rotatable bonds is 0. The fourth-order valence-corrected chi connectivity index (χ4v) is 0. The summed E-state index contributed by atoms with van der Waals surface area (Å²) in [6.07, 6.45) is 0.